The largest absolute Gasteiger partial charge is 0.338 e. The maximum Gasteiger partial charge on any atom is 0.317 e. The fraction of sp³-hybridized carbons (Fsp3) is 0.900. The average molecular weight is 199 g/mol. The summed E-state index contributed by atoms with van der Waals surface area (Å²) in [6.07, 6.45) is 2.20. The first-order chi connectivity index (χ1) is 6.74. The summed E-state index contributed by atoms with van der Waals surface area (Å²) in [5, 5.41) is 2.94. The summed E-state index contributed by atoms with van der Waals surface area (Å²) in [7, 11) is 2.09. The van der Waals surface area contributed by atoms with Crippen molar-refractivity contribution in [1.82, 2.24) is 15.1 Å². The predicted octanol–water partition coefficient (Wildman–Crippen LogP) is 0.743. The van der Waals surface area contributed by atoms with E-state index in [-0.39, 0.29) is 6.03 Å². The van der Waals surface area contributed by atoms with Crippen LogP contribution in [0.3, 0.4) is 0 Å². The number of amides is 2. The van der Waals surface area contributed by atoms with Crippen LogP contribution < -0.4 is 5.32 Å². The van der Waals surface area contributed by atoms with Crippen molar-refractivity contribution in [2.75, 3.05) is 39.8 Å². The molecule has 1 fully saturated rings. The number of likely N-dealkylation sites (N-methyl/N-ethyl adjacent to an activating group) is 1. The number of carbonyl (C=O) groups is 1. The molecule has 0 bridgehead atoms. The minimum absolute atomic E-state index is 0.103. The van der Waals surface area contributed by atoms with Gasteiger partial charge in [0.25, 0.3) is 0 Å². The molecule has 4 nitrogen and oxygen atoms in total. The van der Waals surface area contributed by atoms with Gasteiger partial charge in [-0.25, -0.2) is 4.79 Å². The molecule has 82 valence electrons. The molecule has 2 amide bonds. The number of rotatable bonds is 3. The first-order valence-electron chi connectivity index (χ1n) is 5.45. The monoisotopic (exact) mass is 199 g/mol. The quantitative estimate of drug-likeness (QED) is 0.681. The summed E-state index contributed by atoms with van der Waals surface area (Å²) < 4.78 is 0. The summed E-state index contributed by atoms with van der Waals surface area (Å²) in [5.41, 5.74) is 0. The molecular formula is C10H21N3O. The van der Waals surface area contributed by atoms with Gasteiger partial charge in [0, 0.05) is 32.7 Å². The highest BCUT2D eigenvalue weighted by Gasteiger charge is 2.17. The number of nitrogens with zero attached hydrogens (tertiary/aromatic N) is 2. The number of carbonyl (C=O) groups excluding carboxylic acids is 1. The van der Waals surface area contributed by atoms with Crippen LogP contribution >= 0.6 is 0 Å². The van der Waals surface area contributed by atoms with Gasteiger partial charge < -0.3 is 15.1 Å². The Morgan fingerprint density at radius 2 is 1.93 bits per heavy atom. The van der Waals surface area contributed by atoms with E-state index in [1.807, 2.05) is 4.90 Å². The van der Waals surface area contributed by atoms with Crippen LogP contribution in [0.1, 0.15) is 19.8 Å². The molecule has 1 heterocycles. The predicted molar refractivity (Wildman–Crippen MR) is 57.4 cm³/mol. The minimum Gasteiger partial charge on any atom is -0.338 e. The highest BCUT2D eigenvalue weighted by Crippen LogP contribution is 1.99. The van der Waals surface area contributed by atoms with Crippen LogP contribution in [0.2, 0.25) is 0 Å². The Morgan fingerprint density at radius 3 is 2.50 bits per heavy atom. The van der Waals surface area contributed by atoms with E-state index >= 15 is 0 Å². The van der Waals surface area contributed by atoms with E-state index < -0.39 is 0 Å². The molecule has 1 N–H and O–H groups in total. The zero-order chi connectivity index (χ0) is 10.4. The van der Waals surface area contributed by atoms with Gasteiger partial charge in [0.1, 0.15) is 0 Å². The Kier molecular flexibility index (Phi) is 4.73. The Morgan fingerprint density at radius 1 is 1.29 bits per heavy atom. The molecule has 1 aliphatic heterocycles. The van der Waals surface area contributed by atoms with Crippen molar-refractivity contribution < 1.29 is 4.79 Å². The summed E-state index contributed by atoms with van der Waals surface area (Å²) in [4.78, 5) is 15.7. The normalized spacial score (nSPS) is 18.3. The molecule has 0 aromatic rings. The lowest BCUT2D eigenvalue weighted by atomic mass is 10.3. The molecule has 4 heteroatoms. The van der Waals surface area contributed by atoms with Gasteiger partial charge in [-0.3, -0.25) is 0 Å². The van der Waals surface area contributed by atoms with Gasteiger partial charge in [-0.15, -0.1) is 0 Å². The van der Waals surface area contributed by atoms with E-state index in [0.29, 0.717) is 0 Å². The Labute approximate surface area is 86.2 Å². The number of hydrogen-bond donors (Lipinski definition) is 1. The first-order valence-corrected chi connectivity index (χ1v) is 5.45. The third-order valence-electron chi connectivity index (χ3n) is 2.60. The van der Waals surface area contributed by atoms with Gasteiger partial charge in [0.2, 0.25) is 0 Å². The Hall–Kier alpha value is -0.770. The second-order valence-corrected chi connectivity index (χ2v) is 3.88. The van der Waals surface area contributed by atoms with E-state index in [0.717, 1.165) is 45.6 Å². The van der Waals surface area contributed by atoms with Gasteiger partial charge >= 0.3 is 6.03 Å². The van der Waals surface area contributed by atoms with Gasteiger partial charge in [0.05, 0.1) is 0 Å². The Bertz CT molecular complexity index is 176. The van der Waals surface area contributed by atoms with Gasteiger partial charge in [-0.05, 0) is 13.5 Å². The summed E-state index contributed by atoms with van der Waals surface area (Å²) in [6.45, 7) is 6.62. The topological polar surface area (TPSA) is 35.6 Å². The number of hydrogen-bond acceptors (Lipinski definition) is 2. The van der Waals surface area contributed by atoms with Crippen molar-refractivity contribution in [2.24, 2.45) is 0 Å². The smallest absolute Gasteiger partial charge is 0.317 e. The van der Waals surface area contributed by atoms with Crippen molar-refractivity contribution in [3.05, 3.63) is 0 Å². The number of piperazine rings is 1. The van der Waals surface area contributed by atoms with E-state index in [1.54, 1.807) is 0 Å². The van der Waals surface area contributed by atoms with Crippen molar-refractivity contribution in [2.45, 2.75) is 19.8 Å². The van der Waals surface area contributed by atoms with Crippen LogP contribution in [0.15, 0.2) is 0 Å². The second-order valence-electron chi connectivity index (χ2n) is 3.88. The lowest BCUT2D eigenvalue weighted by molar-refractivity contribution is 0.154. The molecule has 1 aliphatic rings. The highest BCUT2D eigenvalue weighted by molar-refractivity contribution is 5.74. The second kappa shape index (κ2) is 5.86. The highest BCUT2D eigenvalue weighted by atomic mass is 16.2. The molecule has 0 unspecified atom stereocenters. The summed E-state index contributed by atoms with van der Waals surface area (Å²) >= 11 is 0. The minimum atomic E-state index is 0.103. The molecule has 0 saturated carbocycles. The lowest BCUT2D eigenvalue weighted by Crippen LogP contribution is -2.50. The molecule has 0 atom stereocenters. The zero-order valence-electron chi connectivity index (χ0n) is 9.25. The summed E-state index contributed by atoms with van der Waals surface area (Å²) in [6, 6.07) is 0.103. The molecular weight excluding hydrogens is 178 g/mol. The van der Waals surface area contributed by atoms with Gasteiger partial charge in [-0.2, -0.15) is 0 Å². The average Bonchev–Trinajstić information content (AvgIpc) is 2.19. The van der Waals surface area contributed by atoms with Crippen LogP contribution in [0, 0.1) is 0 Å². The van der Waals surface area contributed by atoms with E-state index in [2.05, 4.69) is 24.2 Å². The zero-order valence-corrected chi connectivity index (χ0v) is 9.25. The van der Waals surface area contributed by atoms with Crippen LogP contribution in [-0.2, 0) is 0 Å². The maximum absolute atomic E-state index is 11.6. The van der Waals surface area contributed by atoms with E-state index in [9.17, 15) is 4.79 Å². The number of nitrogens with one attached hydrogen (secondary N) is 1. The SMILES string of the molecule is CCCCNC(=O)N1CCN(C)CC1. The lowest BCUT2D eigenvalue weighted by Gasteiger charge is -2.32. The number of unbranched alkanes of at least 4 members (excludes halogenated alkanes) is 1. The number of urea groups is 1. The third-order valence-corrected chi connectivity index (χ3v) is 2.60. The molecule has 0 aromatic heterocycles. The molecule has 14 heavy (non-hydrogen) atoms. The summed E-state index contributed by atoms with van der Waals surface area (Å²) in [5.74, 6) is 0. The van der Waals surface area contributed by atoms with Crippen LogP contribution in [0.25, 0.3) is 0 Å². The van der Waals surface area contributed by atoms with Crippen molar-refractivity contribution in [3.8, 4) is 0 Å². The van der Waals surface area contributed by atoms with Gasteiger partial charge in [-0.1, -0.05) is 13.3 Å². The van der Waals surface area contributed by atoms with E-state index in [4.69, 9.17) is 0 Å². The fourth-order valence-corrected chi connectivity index (χ4v) is 1.49. The van der Waals surface area contributed by atoms with Crippen molar-refractivity contribution in [3.63, 3.8) is 0 Å². The molecule has 0 aliphatic carbocycles. The molecule has 0 spiro atoms. The van der Waals surface area contributed by atoms with Crippen molar-refractivity contribution >= 4 is 6.03 Å². The Balaban J connectivity index is 2.17. The molecule has 0 aromatic carbocycles. The first kappa shape index (κ1) is 11.3. The molecule has 0 radical (unpaired) electrons. The molecule has 1 rings (SSSR count). The van der Waals surface area contributed by atoms with Crippen LogP contribution in [-0.4, -0.2) is 55.6 Å². The molecule has 1 saturated heterocycles. The van der Waals surface area contributed by atoms with E-state index in [1.165, 1.54) is 0 Å². The van der Waals surface area contributed by atoms with Crippen LogP contribution in [0.5, 0.6) is 0 Å². The van der Waals surface area contributed by atoms with Crippen molar-refractivity contribution in [1.29, 1.82) is 0 Å². The third kappa shape index (κ3) is 3.54. The maximum atomic E-state index is 11.6. The standard InChI is InChI=1S/C10H21N3O/c1-3-4-5-11-10(14)13-8-6-12(2)7-9-13/h3-9H2,1-2H3,(H,11,14). The fourth-order valence-electron chi connectivity index (χ4n) is 1.49. The van der Waals surface area contributed by atoms with Crippen LogP contribution in [0.4, 0.5) is 4.79 Å². The van der Waals surface area contributed by atoms with Gasteiger partial charge in [0.15, 0.2) is 0 Å².